The minimum atomic E-state index is -0.406. The number of thiazole rings is 1. The Balaban J connectivity index is 2.44. The van der Waals surface area contributed by atoms with E-state index in [0.717, 1.165) is 16.9 Å². The molecule has 0 saturated carbocycles. The molecule has 0 aliphatic rings. The van der Waals surface area contributed by atoms with Crippen molar-refractivity contribution in [1.29, 1.82) is 0 Å². The smallest absolute Gasteiger partial charge is 0.350 e. The average molecular weight is 283 g/mol. The Morgan fingerprint density at radius 3 is 2.72 bits per heavy atom. The number of carbonyl (C=O) groups is 1. The first-order valence-electron chi connectivity index (χ1n) is 5.31. The van der Waals surface area contributed by atoms with Gasteiger partial charge in [0.15, 0.2) is 5.13 Å². The zero-order valence-corrected chi connectivity index (χ0v) is 11.2. The highest BCUT2D eigenvalue weighted by Gasteiger charge is 2.19. The lowest BCUT2D eigenvalue weighted by Gasteiger charge is -2.02. The van der Waals surface area contributed by atoms with Gasteiger partial charge in [-0.15, -0.1) is 0 Å². The lowest BCUT2D eigenvalue weighted by atomic mass is 10.1. The second kappa shape index (κ2) is 5.37. The Bertz CT molecular complexity index is 566. The van der Waals surface area contributed by atoms with E-state index in [1.807, 2.05) is 0 Å². The highest BCUT2D eigenvalue weighted by Crippen LogP contribution is 2.30. The number of benzene rings is 1. The maximum Gasteiger partial charge on any atom is 0.350 e. The summed E-state index contributed by atoms with van der Waals surface area (Å²) in [5.74, 6) is -0.406. The van der Waals surface area contributed by atoms with Crippen LogP contribution in [-0.4, -0.2) is 17.6 Å². The van der Waals surface area contributed by atoms with E-state index in [1.54, 1.807) is 31.2 Å². The van der Waals surface area contributed by atoms with Gasteiger partial charge in [-0.3, -0.25) is 0 Å². The molecule has 18 heavy (non-hydrogen) atoms. The number of rotatable bonds is 3. The molecule has 0 atom stereocenters. The number of aromatic nitrogens is 1. The number of nitrogen functional groups attached to an aromatic ring is 1. The van der Waals surface area contributed by atoms with Crippen molar-refractivity contribution in [2.75, 3.05) is 12.3 Å². The molecule has 0 amide bonds. The van der Waals surface area contributed by atoms with E-state index >= 15 is 0 Å². The van der Waals surface area contributed by atoms with E-state index in [9.17, 15) is 4.79 Å². The molecule has 2 aromatic rings. The first-order chi connectivity index (χ1) is 8.61. The Morgan fingerprint density at radius 1 is 1.44 bits per heavy atom. The zero-order valence-electron chi connectivity index (χ0n) is 9.64. The minimum absolute atomic E-state index is 0.316. The number of esters is 1. The number of carbonyl (C=O) groups excluding carboxylic acids is 1. The number of anilines is 1. The Labute approximate surface area is 113 Å². The number of nitrogens with zero attached hydrogens (tertiary/aromatic N) is 1. The van der Waals surface area contributed by atoms with Crippen LogP contribution >= 0.6 is 22.9 Å². The van der Waals surface area contributed by atoms with Gasteiger partial charge in [-0.25, -0.2) is 9.78 Å². The average Bonchev–Trinajstić information content (AvgIpc) is 2.73. The van der Waals surface area contributed by atoms with Gasteiger partial charge < -0.3 is 10.5 Å². The highest BCUT2D eigenvalue weighted by molar-refractivity contribution is 7.17. The highest BCUT2D eigenvalue weighted by atomic mass is 35.5. The van der Waals surface area contributed by atoms with E-state index < -0.39 is 5.97 Å². The topological polar surface area (TPSA) is 65.2 Å². The number of hydrogen-bond acceptors (Lipinski definition) is 5. The molecule has 0 radical (unpaired) electrons. The lowest BCUT2D eigenvalue weighted by Crippen LogP contribution is -2.03. The van der Waals surface area contributed by atoms with Gasteiger partial charge in [0.25, 0.3) is 0 Å². The third kappa shape index (κ3) is 2.63. The molecule has 1 heterocycles. The molecule has 1 aromatic heterocycles. The molecule has 0 bridgehead atoms. The molecule has 0 spiro atoms. The van der Waals surface area contributed by atoms with E-state index in [1.165, 1.54) is 0 Å². The Kier molecular flexibility index (Phi) is 3.84. The van der Waals surface area contributed by atoms with E-state index in [2.05, 4.69) is 4.98 Å². The molecular weight excluding hydrogens is 272 g/mol. The van der Waals surface area contributed by atoms with Crippen molar-refractivity contribution >= 4 is 34.0 Å². The third-order valence-corrected chi connectivity index (χ3v) is 3.34. The molecule has 4 nitrogen and oxygen atoms in total. The van der Waals surface area contributed by atoms with E-state index in [-0.39, 0.29) is 0 Å². The molecule has 0 aliphatic carbocycles. The summed E-state index contributed by atoms with van der Waals surface area (Å²) in [5.41, 5.74) is 6.98. The first kappa shape index (κ1) is 12.9. The summed E-state index contributed by atoms with van der Waals surface area (Å²) in [5, 5.41) is 0.961. The number of halogens is 1. The first-order valence-corrected chi connectivity index (χ1v) is 6.50. The molecule has 94 valence electrons. The quantitative estimate of drug-likeness (QED) is 0.878. The summed E-state index contributed by atoms with van der Waals surface area (Å²) in [6, 6.07) is 7.06. The maximum absolute atomic E-state index is 11.8. The third-order valence-electron chi connectivity index (χ3n) is 2.22. The Morgan fingerprint density at radius 2 is 2.11 bits per heavy atom. The van der Waals surface area contributed by atoms with Crippen LogP contribution in [0.4, 0.5) is 5.13 Å². The van der Waals surface area contributed by atoms with Crippen LogP contribution < -0.4 is 5.73 Å². The van der Waals surface area contributed by atoms with Crippen LogP contribution in [0, 0.1) is 0 Å². The van der Waals surface area contributed by atoms with Crippen LogP contribution in [0.2, 0.25) is 5.02 Å². The normalized spacial score (nSPS) is 10.3. The molecule has 1 aromatic carbocycles. The molecular formula is C12H11ClN2O2S. The van der Waals surface area contributed by atoms with Crippen molar-refractivity contribution in [2.24, 2.45) is 0 Å². The molecule has 0 unspecified atom stereocenters. The van der Waals surface area contributed by atoms with Gasteiger partial charge in [-0.2, -0.15) is 0 Å². The van der Waals surface area contributed by atoms with Crippen molar-refractivity contribution in [1.82, 2.24) is 4.98 Å². The fourth-order valence-electron chi connectivity index (χ4n) is 1.48. The van der Waals surface area contributed by atoms with Crippen molar-refractivity contribution in [3.05, 3.63) is 34.2 Å². The van der Waals surface area contributed by atoms with Crippen LogP contribution in [0.3, 0.4) is 0 Å². The van der Waals surface area contributed by atoms with Crippen molar-refractivity contribution in [3.63, 3.8) is 0 Å². The lowest BCUT2D eigenvalue weighted by molar-refractivity contribution is 0.0532. The van der Waals surface area contributed by atoms with Crippen molar-refractivity contribution in [3.8, 4) is 11.3 Å². The van der Waals surface area contributed by atoms with Crippen LogP contribution in [0.25, 0.3) is 11.3 Å². The van der Waals surface area contributed by atoms with Crippen LogP contribution in [-0.2, 0) is 4.74 Å². The molecule has 0 aliphatic heterocycles. The van der Waals surface area contributed by atoms with E-state index in [0.29, 0.717) is 27.3 Å². The molecule has 2 N–H and O–H groups in total. The molecule has 6 heteroatoms. The molecule has 0 fully saturated rings. The standard InChI is InChI=1S/C12H11ClN2O2S/c1-2-17-11(16)10-9(15-12(14)18-10)7-3-5-8(13)6-4-7/h3-6H,2H2,1H3,(H2,14,15). The number of nitrogens with two attached hydrogens (primary N) is 1. The van der Waals surface area contributed by atoms with Crippen molar-refractivity contribution in [2.45, 2.75) is 6.92 Å². The predicted octanol–water partition coefficient (Wildman–Crippen LogP) is 3.22. The minimum Gasteiger partial charge on any atom is -0.462 e. The summed E-state index contributed by atoms with van der Waals surface area (Å²) in [4.78, 5) is 16.4. The number of hydrogen-bond donors (Lipinski definition) is 1. The maximum atomic E-state index is 11.8. The van der Waals surface area contributed by atoms with Gasteiger partial charge in [0.1, 0.15) is 4.88 Å². The van der Waals surface area contributed by atoms with E-state index in [4.69, 9.17) is 22.1 Å². The fraction of sp³-hybridized carbons (Fsp3) is 0.167. The monoisotopic (exact) mass is 282 g/mol. The summed E-state index contributed by atoms with van der Waals surface area (Å²) in [6.07, 6.45) is 0. The number of ether oxygens (including phenoxy) is 1. The predicted molar refractivity (Wildman–Crippen MR) is 72.9 cm³/mol. The summed E-state index contributed by atoms with van der Waals surface area (Å²) < 4.78 is 4.98. The van der Waals surface area contributed by atoms with Crippen molar-refractivity contribution < 1.29 is 9.53 Å². The second-order valence-corrected chi connectivity index (χ2v) is 4.92. The van der Waals surface area contributed by atoms with Gasteiger partial charge >= 0.3 is 5.97 Å². The summed E-state index contributed by atoms with van der Waals surface area (Å²) in [6.45, 7) is 2.07. The largest absolute Gasteiger partial charge is 0.462 e. The van der Waals surface area contributed by atoms with Crippen LogP contribution in [0.1, 0.15) is 16.6 Å². The van der Waals surface area contributed by atoms with Gasteiger partial charge in [-0.1, -0.05) is 35.1 Å². The SMILES string of the molecule is CCOC(=O)c1sc(N)nc1-c1ccc(Cl)cc1. The summed E-state index contributed by atoms with van der Waals surface area (Å²) in [7, 11) is 0. The zero-order chi connectivity index (χ0) is 13.1. The molecule has 0 saturated heterocycles. The van der Waals surface area contributed by atoms with Crippen LogP contribution in [0.5, 0.6) is 0 Å². The van der Waals surface area contributed by atoms with Gasteiger partial charge in [0.2, 0.25) is 0 Å². The van der Waals surface area contributed by atoms with Gasteiger partial charge in [0, 0.05) is 10.6 Å². The fourth-order valence-corrected chi connectivity index (χ4v) is 2.35. The second-order valence-electron chi connectivity index (χ2n) is 3.46. The van der Waals surface area contributed by atoms with Crippen LogP contribution in [0.15, 0.2) is 24.3 Å². The molecule has 2 rings (SSSR count). The summed E-state index contributed by atoms with van der Waals surface area (Å²) >= 11 is 6.94. The Hall–Kier alpha value is -1.59. The van der Waals surface area contributed by atoms with Gasteiger partial charge in [0.05, 0.1) is 12.3 Å². The van der Waals surface area contributed by atoms with Gasteiger partial charge in [-0.05, 0) is 19.1 Å².